The van der Waals surface area contributed by atoms with Crippen molar-refractivity contribution in [2.45, 2.75) is 31.5 Å². The van der Waals surface area contributed by atoms with E-state index in [1.165, 1.54) is 6.20 Å². The quantitative estimate of drug-likeness (QED) is 0.460. The predicted molar refractivity (Wildman–Crippen MR) is 111 cm³/mol. The summed E-state index contributed by atoms with van der Waals surface area (Å²) in [6, 6.07) is 16.5. The third-order valence-corrected chi connectivity index (χ3v) is 5.06. The molecule has 2 unspecified atom stereocenters. The summed E-state index contributed by atoms with van der Waals surface area (Å²) >= 11 is 0. The van der Waals surface area contributed by atoms with E-state index in [-0.39, 0.29) is 36.3 Å². The second-order valence-electron chi connectivity index (χ2n) is 7.08. The van der Waals surface area contributed by atoms with E-state index in [1.54, 1.807) is 22.9 Å². The normalized spacial score (nSPS) is 18.3. The summed E-state index contributed by atoms with van der Waals surface area (Å²) in [5.41, 5.74) is 12.5. The van der Waals surface area contributed by atoms with Crippen LogP contribution < -0.4 is 27.1 Å². The molecule has 4 rings (SSSR count). The molecule has 1 fully saturated rings. The summed E-state index contributed by atoms with van der Waals surface area (Å²) in [4.78, 5) is 36.4. The second kappa shape index (κ2) is 8.85. The first kappa shape index (κ1) is 19.7. The Labute approximate surface area is 172 Å². The molecule has 4 N–H and O–H groups in total. The molecule has 0 saturated carbocycles. The van der Waals surface area contributed by atoms with Crippen molar-refractivity contribution in [1.82, 2.24) is 31.5 Å². The Morgan fingerprint density at radius 1 is 1.03 bits per heavy atom. The van der Waals surface area contributed by atoms with Gasteiger partial charge in [0.05, 0.1) is 18.3 Å². The highest BCUT2D eigenvalue weighted by molar-refractivity contribution is 5.85. The largest absolute Gasteiger partial charge is 0.287 e. The van der Waals surface area contributed by atoms with Gasteiger partial charge >= 0.3 is 0 Å². The maximum Gasteiger partial charge on any atom is 0.256 e. The van der Waals surface area contributed by atoms with Crippen molar-refractivity contribution in [3.05, 3.63) is 76.6 Å². The SMILES string of the molecule is O=C(CCn1ncc(=O)c2ccccc21)NNC(=O)C1CC(c2ccccc2)NN1. The Hall–Kier alpha value is -3.56. The van der Waals surface area contributed by atoms with Gasteiger partial charge in [0.2, 0.25) is 11.3 Å². The third-order valence-electron chi connectivity index (χ3n) is 5.06. The van der Waals surface area contributed by atoms with Gasteiger partial charge < -0.3 is 0 Å². The molecule has 2 heterocycles. The fraction of sp³-hybridized carbons (Fsp3) is 0.238. The zero-order valence-electron chi connectivity index (χ0n) is 16.2. The smallest absolute Gasteiger partial charge is 0.256 e. The van der Waals surface area contributed by atoms with Crippen LogP contribution in [0.3, 0.4) is 0 Å². The molecule has 1 aliphatic rings. The summed E-state index contributed by atoms with van der Waals surface area (Å²) in [5, 5.41) is 4.64. The maximum atomic E-state index is 12.3. The molecule has 2 atom stereocenters. The van der Waals surface area contributed by atoms with Crippen LogP contribution in [0.1, 0.15) is 24.4 Å². The van der Waals surface area contributed by atoms with Gasteiger partial charge in [0, 0.05) is 17.8 Å². The van der Waals surface area contributed by atoms with Gasteiger partial charge in [-0.1, -0.05) is 42.5 Å². The molecular formula is C21H22N6O3. The standard InChI is InChI=1S/C21H22N6O3/c28-19-13-22-27(18-9-5-4-8-15(18)19)11-10-20(29)25-26-21(30)17-12-16(23-24-17)14-6-2-1-3-7-14/h1-9,13,16-17,23-24H,10-12H2,(H,25,29)(H,26,30). The Kier molecular flexibility index (Phi) is 5.82. The molecule has 0 spiro atoms. The first-order valence-corrected chi connectivity index (χ1v) is 9.71. The highest BCUT2D eigenvalue weighted by Gasteiger charge is 2.30. The minimum Gasteiger partial charge on any atom is -0.287 e. The molecule has 9 heteroatoms. The van der Waals surface area contributed by atoms with E-state index in [4.69, 9.17) is 0 Å². The first-order chi connectivity index (χ1) is 14.6. The Morgan fingerprint density at radius 3 is 2.63 bits per heavy atom. The van der Waals surface area contributed by atoms with Crippen LogP contribution in [0.5, 0.6) is 0 Å². The van der Waals surface area contributed by atoms with Crippen LogP contribution in [0, 0.1) is 0 Å². The van der Waals surface area contributed by atoms with Crippen molar-refractivity contribution in [2.24, 2.45) is 0 Å². The van der Waals surface area contributed by atoms with Crippen LogP contribution in [0.15, 0.2) is 65.6 Å². The molecule has 2 aromatic carbocycles. The summed E-state index contributed by atoms with van der Waals surface area (Å²) in [5.74, 6) is -0.667. The van der Waals surface area contributed by atoms with Gasteiger partial charge in [-0.2, -0.15) is 5.10 Å². The molecule has 0 aliphatic carbocycles. The molecule has 0 radical (unpaired) electrons. The number of carbonyl (C=O) groups is 2. The number of nitrogens with zero attached hydrogens (tertiary/aromatic N) is 2. The molecule has 154 valence electrons. The third kappa shape index (κ3) is 4.37. The van der Waals surface area contributed by atoms with Crippen molar-refractivity contribution in [1.29, 1.82) is 0 Å². The average molecular weight is 406 g/mol. The number of hydrogen-bond acceptors (Lipinski definition) is 6. The van der Waals surface area contributed by atoms with Crippen LogP contribution in [0.4, 0.5) is 0 Å². The number of hydrazine groups is 2. The van der Waals surface area contributed by atoms with Gasteiger partial charge in [-0.05, 0) is 24.1 Å². The zero-order valence-corrected chi connectivity index (χ0v) is 16.2. The fourth-order valence-electron chi connectivity index (χ4n) is 3.46. The number of aryl methyl sites for hydroxylation is 1. The number of rotatable bonds is 5. The molecule has 9 nitrogen and oxygen atoms in total. The molecule has 2 amide bonds. The Morgan fingerprint density at radius 2 is 1.80 bits per heavy atom. The number of fused-ring (bicyclic) bond motifs is 1. The fourth-order valence-corrected chi connectivity index (χ4v) is 3.46. The first-order valence-electron chi connectivity index (χ1n) is 9.71. The number of amides is 2. The van der Waals surface area contributed by atoms with Crippen molar-refractivity contribution < 1.29 is 9.59 Å². The average Bonchev–Trinajstić information content (AvgIpc) is 3.28. The molecule has 1 aromatic heterocycles. The van der Waals surface area contributed by atoms with Crippen LogP contribution in [-0.4, -0.2) is 27.6 Å². The monoisotopic (exact) mass is 406 g/mol. The van der Waals surface area contributed by atoms with E-state index in [2.05, 4.69) is 26.8 Å². The minimum atomic E-state index is -0.458. The van der Waals surface area contributed by atoms with Crippen molar-refractivity contribution >= 4 is 22.7 Å². The number of para-hydroxylation sites is 1. The Bertz CT molecular complexity index is 1110. The van der Waals surface area contributed by atoms with Crippen molar-refractivity contribution in [3.8, 4) is 0 Å². The minimum absolute atomic E-state index is 0.0254. The van der Waals surface area contributed by atoms with Crippen LogP contribution in [0.25, 0.3) is 10.9 Å². The lowest BCUT2D eigenvalue weighted by Gasteiger charge is -2.12. The highest BCUT2D eigenvalue weighted by atomic mass is 16.2. The number of nitrogens with one attached hydrogen (secondary N) is 4. The molecule has 1 saturated heterocycles. The predicted octanol–water partition coefficient (Wildman–Crippen LogP) is 0.542. The van der Waals surface area contributed by atoms with Gasteiger partial charge in [0.15, 0.2) is 0 Å². The van der Waals surface area contributed by atoms with Gasteiger partial charge in [0.25, 0.3) is 5.91 Å². The van der Waals surface area contributed by atoms with Crippen LogP contribution >= 0.6 is 0 Å². The van der Waals surface area contributed by atoms with E-state index in [0.29, 0.717) is 17.3 Å². The van der Waals surface area contributed by atoms with Crippen molar-refractivity contribution in [2.75, 3.05) is 0 Å². The molecule has 30 heavy (non-hydrogen) atoms. The molecule has 3 aromatic rings. The van der Waals surface area contributed by atoms with Gasteiger partial charge in [-0.3, -0.25) is 29.9 Å². The lowest BCUT2D eigenvalue weighted by atomic mass is 10.0. The highest BCUT2D eigenvalue weighted by Crippen LogP contribution is 2.21. The number of benzene rings is 2. The van der Waals surface area contributed by atoms with Gasteiger partial charge in [-0.15, -0.1) is 0 Å². The summed E-state index contributed by atoms with van der Waals surface area (Å²) < 4.78 is 1.60. The molecule has 0 bridgehead atoms. The van der Waals surface area contributed by atoms with Gasteiger partial charge in [0.1, 0.15) is 6.04 Å². The maximum absolute atomic E-state index is 12.3. The zero-order chi connectivity index (χ0) is 20.9. The number of aromatic nitrogens is 2. The topological polar surface area (TPSA) is 117 Å². The van der Waals surface area contributed by atoms with E-state index in [1.807, 2.05) is 36.4 Å². The summed E-state index contributed by atoms with van der Waals surface area (Å²) in [6.07, 6.45) is 1.91. The van der Waals surface area contributed by atoms with E-state index in [0.717, 1.165) is 5.56 Å². The molecular weight excluding hydrogens is 384 g/mol. The number of hydrogen-bond donors (Lipinski definition) is 4. The summed E-state index contributed by atoms with van der Waals surface area (Å²) in [6.45, 7) is 0.280. The molecule has 1 aliphatic heterocycles. The van der Waals surface area contributed by atoms with Gasteiger partial charge in [-0.25, -0.2) is 10.9 Å². The lowest BCUT2D eigenvalue weighted by molar-refractivity contribution is -0.130. The van der Waals surface area contributed by atoms with E-state index >= 15 is 0 Å². The number of carbonyl (C=O) groups excluding carboxylic acids is 2. The van der Waals surface area contributed by atoms with E-state index < -0.39 is 6.04 Å². The summed E-state index contributed by atoms with van der Waals surface area (Å²) in [7, 11) is 0. The van der Waals surface area contributed by atoms with Crippen LogP contribution in [0.2, 0.25) is 0 Å². The van der Waals surface area contributed by atoms with E-state index in [9.17, 15) is 14.4 Å². The lowest BCUT2D eigenvalue weighted by Crippen LogP contribution is -2.50. The van der Waals surface area contributed by atoms with Crippen molar-refractivity contribution in [3.63, 3.8) is 0 Å². The Balaban J connectivity index is 1.27. The second-order valence-corrected chi connectivity index (χ2v) is 7.08. The van der Waals surface area contributed by atoms with Crippen LogP contribution in [-0.2, 0) is 16.1 Å².